The van der Waals surface area contributed by atoms with E-state index in [9.17, 15) is 14.7 Å². The molecule has 0 saturated carbocycles. The van der Waals surface area contributed by atoms with Crippen molar-refractivity contribution in [3.8, 4) is 0 Å². The first-order valence-electron chi connectivity index (χ1n) is 6.75. The van der Waals surface area contributed by atoms with Gasteiger partial charge in [0.15, 0.2) is 0 Å². The number of nitrogens with zero attached hydrogens (tertiary/aromatic N) is 1. The Labute approximate surface area is 122 Å². The van der Waals surface area contributed by atoms with Crippen LogP contribution in [0, 0.1) is 0 Å². The van der Waals surface area contributed by atoms with E-state index in [4.69, 9.17) is 0 Å². The zero-order valence-electron chi connectivity index (χ0n) is 11.7. The molecule has 0 aliphatic heterocycles. The van der Waals surface area contributed by atoms with Gasteiger partial charge in [-0.2, -0.15) is 0 Å². The summed E-state index contributed by atoms with van der Waals surface area (Å²) < 4.78 is 0. The summed E-state index contributed by atoms with van der Waals surface area (Å²) >= 11 is 0. The van der Waals surface area contributed by atoms with Crippen LogP contribution < -0.4 is 10.6 Å². The molecule has 0 spiro atoms. The Bertz CT molecular complexity index is 670. The Morgan fingerprint density at radius 1 is 1.29 bits per heavy atom. The van der Waals surface area contributed by atoms with Gasteiger partial charge in [-0.1, -0.05) is 18.2 Å². The summed E-state index contributed by atoms with van der Waals surface area (Å²) in [6, 6.07) is 7.29. The van der Waals surface area contributed by atoms with Crippen LogP contribution in [0.4, 0.5) is 5.69 Å². The minimum absolute atomic E-state index is 0.0692. The average molecular weight is 287 g/mol. The second kappa shape index (κ2) is 6.69. The summed E-state index contributed by atoms with van der Waals surface area (Å²) in [5.41, 5.74) is 1.31. The third kappa shape index (κ3) is 3.47. The van der Waals surface area contributed by atoms with Crippen molar-refractivity contribution < 1.29 is 14.7 Å². The summed E-state index contributed by atoms with van der Waals surface area (Å²) in [5, 5.41) is 15.7. The van der Waals surface area contributed by atoms with Gasteiger partial charge in [-0.05, 0) is 13.0 Å². The van der Waals surface area contributed by atoms with Gasteiger partial charge < -0.3 is 15.7 Å². The molecule has 2 rings (SSSR count). The van der Waals surface area contributed by atoms with E-state index in [1.807, 2.05) is 31.2 Å². The topological polar surface area (TPSA) is 91.3 Å². The SMILES string of the molecule is CCNC(=O)CCNc1c(C(=O)O)cnc2ccccc12. The number of para-hydroxylation sites is 1. The molecule has 1 amide bonds. The normalized spacial score (nSPS) is 10.3. The molecule has 0 unspecified atom stereocenters. The maximum Gasteiger partial charge on any atom is 0.339 e. The average Bonchev–Trinajstić information content (AvgIpc) is 2.47. The van der Waals surface area contributed by atoms with Crippen LogP contribution in [0.5, 0.6) is 0 Å². The van der Waals surface area contributed by atoms with Gasteiger partial charge in [-0.15, -0.1) is 0 Å². The first kappa shape index (κ1) is 14.8. The van der Waals surface area contributed by atoms with Crippen molar-refractivity contribution in [1.29, 1.82) is 0 Å². The molecule has 3 N–H and O–H groups in total. The van der Waals surface area contributed by atoms with E-state index < -0.39 is 5.97 Å². The summed E-state index contributed by atoms with van der Waals surface area (Å²) in [4.78, 5) is 26.9. The Morgan fingerprint density at radius 3 is 2.76 bits per heavy atom. The minimum Gasteiger partial charge on any atom is -0.478 e. The van der Waals surface area contributed by atoms with Crippen molar-refractivity contribution in [2.75, 3.05) is 18.4 Å². The van der Waals surface area contributed by atoms with Gasteiger partial charge >= 0.3 is 5.97 Å². The van der Waals surface area contributed by atoms with Gasteiger partial charge in [0.2, 0.25) is 5.91 Å². The van der Waals surface area contributed by atoms with E-state index >= 15 is 0 Å². The minimum atomic E-state index is -1.05. The number of pyridine rings is 1. The fourth-order valence-corrected chi connectivity index (χ4v) is 2.08. The number of nitrogens with one attached hydrogen (secondary N) is 2. The molecule has 0 aliphatic carbocycles. The van der Waals surface area contributed by atoms with Gasteiger partial charge in [-0.3, -0.25) is 9.78 Å². The molecule has 0 radical (unpaired) electrons. The van der Waals surface area contributed by atoms with Crippen LogP contribution in [0.25, 0.3) is 10.9 Å². The highest BCUT2D eigenvalue weighted by Gasteiger charge is 2.14. The number of carbonyl (C=O) groups is 2. The fraction of sp³-hybridized carbons (Fsp3) is 0.267. The second-order valence-corrected chi connectivity index (χ2v) is 4.50. The lowest BCUT2D eigenvalue weighted by molar-refractivity contribution is -0.120. The van der Waals surface area contributed by atoms with Crippen LogP contribution in [0.15, 0.2) is 30.5 Å². The summed E-state index contributed by atoms with van der Waals surface area (Å²) in [6.07, 6.45) is 1.61. The fourth-order valence-electron chi connectivity index (χ4n) is 2.08. The molecule has 0 aliphatic rings. The molecule has 21 heavy (non-hydrogen) atoms. The molecule has 0 atom stereocenters. The Morgan fingerprint density at radius 2 is 2.05 bits per heavy atom. The molecule has 6 nitrogen and oxygen atoms in total. The molecule has 110 valence electrons. The van der Waals surface area contributed by atoms with Crippen LogP contribution in [-0.2, 0) is 4.79 Å². The quantitative estimate of drug-likeness (QED) is 0.754. The van der Waals surface area contributed by atoms with E-state index in [-0.39, 0.29) is 17.9 Å². The van der Waals surface area contributed by atoms with E-state index in [1.54, 1.807) is 0 Å². The van der Waals surface area contributed by atoms with E-state index in [0.717, 1.165) is 5.39 Å². The second-order valence-electron chi connectivity index (χ2n) is 4.50. The zero-order chi connectivity index (χ0) is 15.2. The Hall–Kier alpha value is -2.63. The number of carboxylic acids is 1. The molecule has 0 saturated heterocycles. The maximum atomic E-state index is 11.4. The third-order valence-corrected chi connectivity index (χ3v) is 3.03. The molecule has 1 aromatic carbocycles. The summed E-state index contributed by atoms with van der Waals surface area (Å²) in [5.74, 6) is -1.12. The molecule has 2 aromatic rings. The third-order valence-electron chi connectivity index (χ3n) is 3.03. The number of carboxylic acid groups (broad SMARTS) is 1. The highest BCUT2D eigenvalue weighted by molar-refractivity contribution is 6.04. The summed E-state index contributed by atoms with van der Waals surface area (Å²) in [6.45, 7) is 2.79. The van der Waals surface area contributed by atoms with Gasteiger partial charge in [0, 0.05) is 31.1 Å². The number of aromatic nitrogens is 1. The number of carbonyl (C=O) groups excluding carboxylic acids is 1. The van der Waals surface area contributed by atoms with Crippen LogP contribution >= 0.6 is 0 Å². The van der Waals surface area contributed by atoms with E-state index in [1.165, 1.54) is 6.20 Å². The highest BCUT2D eigenvalue weighted by Crippen LogP contribution is 2.25. The van der Waals surface area contributed by atoms with Gasteiger partial charge in [0.1, 0.15) is 5.56 Å². The molecule has 1 heterocycles. The molecule has 0 fully saturated rings. The van der Waals surface area contributed by atoms with Gasteiger partial charge in [0.25, 0.3) is 0 Å². The van der Waals surface area contributed by atoms with Crippen molar-refractivity contribution in [2.24, 2.45) is 0 Å². The molecule has 1 aromatic heterocycles. The molecule has 6 heteroatoms. The largest absolute Gasteiger partial charge is 0.478 e. The van der Waals surface area contributed by atoms with Crippen molar-refractivity contribution >= 4 is 28.5 Å². The number of rotatable bonds is 6. The lowest BCUT2D eigenvalue weighted by atomic mass is 10.1. The van der Waals surface area contributed by atoms with Crippen LogP contribution in [0.2, 0.25) is 0 Å². The van der Waals surface area contributed by atoms with E-state index in [2.05, 4.69) is 15.6 Å². The van der Waals surface area contributed by atoms with Crippen molar-refractivity contribution in [3.05, 3.63) is 36.0 Å². The lowest BCUT2D eigenvalue weighted by Crippen LogP contribution is -2.25. The van der Waals surface area contributed by atoms with Crippen molar-refractivity contribution in [1.82, 2.24) is 10.3 Å². The smallest absolute Gasteiger partial charge is 0.339 e. The van der Waals surface area contributed by atoms with Crippen LogP contribution in [0.3, 0.4) is 0 Å². The highest BCUT2D eigenvalue weighted by atomic mass is 16.4. The number of hydrogen-bond acceptors (Lipinski definition) is 4. The zero-order valence-corrected chi connectivity index (χ0v) is 11.7. The van der Waals surface area contributed by atoms with E-state index in [0.29, 0.717) is 24.3 Å². The van der Waals surface area contributed by atoms with Crippen LogP contribution in [-0.4, -0.2) is 35.1 Å². The van der Waals surface area contributed by atoms with Gasteiger partial charge in [-0.25, -0.2) is 4.79 Å². The summed E-state index contributed by atoms with van der Waals surface area (Å²) in [7, 11) is 0. The number of aromatic carboxylic acids is 1. The Kier molecular flexibility index (Phi) is 4.71. The van der Waals surface area contributed by atoms with Gasteiger partial charge in [0.05, 0.1) is 11.2 Å². The number of anilines is 1. The maximum absolute atomic E-state index is 11.4. The van der Waals surface area contributed by atoms with Crippen molar-refractivity contribution in [2.45, 2.75) is 13.3 Å². The molecular weight excluding hydrogens is 270 g/mol. The predicted octanol–water partition coefficient (Wildman–Crippen LogP) is 1.87. The van der Waals surface area contributed by atoms with Crippen molar-refractivity contribution in [3.63, 3.8) is 0 Å². The number of hydrogen-bond donors (Lipinski definition) is 3. The Balaban J connectivity index is 2.25. The lowest BCUT2D eigenvalue weighted by Gasteiger charge is -2.12. The molecule has 0 bridgehead atoms. The standard InChI is InChI=1S/C15H17N3O3/c1-2-16-13(19)7-8-17-14-10-5-3-4-6-12(10)18-9-11(14)15(20)21/h3-6,9H,2,7-8H2,1H3,(H,16,19)(H,17,18)(H,20,21). The predicted molar refractivity (Wildman–Crippen MR) is 80.5 cm³/mol. The first-order chi connectivity index (χ1) is 10.1. The monoisotopic (exact) mass is 287 g/mol. The van der Waals surface area contributed by atoms with Crippen LogP contribution in [0.1, 0.15) is 23.7 Å². The number of fused-ring (bicyclic) bond motifs is 1. The number of amides is 1. The molecular formula is C15H17N3O3. The first-order valence-corrected chi connectivity index (χ1v) is 6.75. The number of benzene rings is 1.